The summed E-state index contributed by atoms with van der Waals surface area (Å²) in [5, 5.41) is 0. The number of rotatable bonds is 5. The first-order valence-electron chi connectivity index (χ1n) is 8.69. The smallest absolute Gasteiger partial charge is 0.309 e. The van der Waals surface area contributed by atoms with Gasteiger partial charge in [-0.3, -0.25) is 24.1 Å². The van der Waals surface area contributed by atoms with Gasteiger partial charge in [0, 0.05) is 5.92 Å². The van der Waals surface area contributed by atoms with Crippen molar-refractivity contribution in [2.75, 3.05) is 13.2 Å². The number of carbonyl (C=O) groups is 4. The van der Waals surface area contributed by atoms with E-state index < -0.39 is 23.7 Å². The molecule has 1 heterocycles. The van der Waals surface area contributed by atoms with Crippen LogP contribution in [0.4, 0.5) is 0 Å². The highest BCUT2D eigenvalue weighted by atomic mass is 16.5. The fourth-order valence-corrected chi connectivity index (χ4v) is 3.70. The maximum Gasteiger partial charge on any atom is 0.309 e. The van der Waals surface area contributed by atoms with E-state index in [-0.39, 0.29) is 24.9 Å². The van der Waals surface area contributed by atoms with Crippen LogP contribution in [0, 0.1) is 11.8 Å². The van der Waals surface area contributed by atoms with Crippen molar-refractivity contribution >= 4 is 23.6 Å². The Morgan fingerprint density at radius 1 is 1.04 bits per heavy atom. The fourth-order valence-electron chi connectivity index (χ4n) is 3.70. The molecule has 6 heteroatoms. The molecule has 0 unspecified atom stereocenters. The SMILES string of the molecule is CCOC(=O)[C@H]1CCCC[C@@H]1C(=O)CN1C(=O)c2ccccc2C1=O. The topological polar surface area (TPSA) is 80.8 Å². The molecule has 1 aliphatic heterocycles. The summed E-state index contributed by atoms with van der Waals surface area (Å²) in [6.07, 6.45) is 2.93. The Bertz CT molecular complexity index is 691. The zero-order valence-corrected chi connectivity index (χ0v) is 14.2. The molecule has 1 fully saturated rings. The summed E-state index contributed by atoms with van der Waals surface area (Å²) in [7, 11) is 0. The molecule has 1 aromatic rings. The minimum Gasteiger partial charge on any atom is -0.466 e. The van der Waals surface area contributed by atoms with Crippen LogP contribution in [0.3, 0.4) is 0 Å². The highest BCUT2D eigenvalue weighted by Crippen LogP contribution is 2.33. The van der Waals surface area contributed by atoms with Gasteiger partial charge in [0.25, 0.3) is 11.8 Å². The highest BCUT2D eigenvalue weighted by Gasteiger charge is 2.41. The van der Waals surface area contributed by atoms with E-state index in [2.05, 4.69) is 0 Å². The second-order valence-electron chi connectivity index (χ2n) is 6.46. The van der Waals surface area contributed by atoms with Crippen molar-refractivity contribution in [2.45, 2.75) is 32.6 Å². The number of carbonyl (C=O) groups excluding carboxylic acids is 4. The van der Waals surface area contributed by atoms with E-state index in [1.54, 1.807) is 31.2 Å². The Kier molecular flexibility index (Phi) is 4.97. The highest BCUT2D eigenvalue weighted by molar-refractivity contribution is 6.22. The number of Topliss-reactive ketones (excluding diaryl/α,β-unsaturated/α-hetero) is 1. The molecule has 2 atom stereocenters. The van der Waals surface area contributed by atoms with Crippen LogP contribution in [0.5, 0.6) is 0 Å². The van der Waals surface area contributed by atoms with Crippen molar-refractivity contribution in [1.82, 2.24) is 4.90 Å². The molecule has 3 rings (SSSR count). The number of benzene rings is 1. The van der Waals surface area contributed by atoms with Crippen molar-refractivity contribution in [1.29, 1.82) is 0 Å². The summed E-state index contributed by atoms with van der Waals surface area (Å²) in [5.41, 5.74) is 0.650. The van der Waals surface area contributed by atoms with Gasteiger partial charge in [0.1, 0.15) is 0 Å². The Morgan fingerprint density at radius 2 is 1.60 bits per heavy atom. The Balaban J connectivity index is 1.74. The number of fused-ring (bicyclic) bond motifs is 1. The van der Waals surface area contributed by atoms with Crippen LogP contribution in [-0.2, 0) is 14.3 Å². The zero-order chi connectivity index (χ0) is 18.0. The predicted molar refractivity (Wildman–Crippen MR) is 88.9 cm³/mol. The second-order valence-corrected chi connectivity index (χ2v) is 6.46. The molecule has 0 bridgehead atoms. The molecule has 2 aliphatic rings. The lowest BCUT2D eigenvalue weighted by molar-refractivity contribution is -0.153. The summed E-state index contributed by atoms with van der Waals surface area (Å²) >= 11 is 0. The summed E-state index contributed by atoms with van der Waals surface area (Å²) in [6, 6.07) is 6.55. The number of nitrogens with zero attached hydrogens (tertiary/aromatic N) is 1. The van der Waals surface area contributed by atoms with Gasteiger partial charge in [-0.25, -0.2) is 0 Å². The molecule has 132 valence electrons. The third kappa shape index (κ3) is 3.21. The zero-order valence-electron chi connectivity index (χ0n) is 14.2. The van der Waals surface area contributed by atoms with Gasteiger partial charge in [-0.05, 0) is 31.9 Å². The molecule has 1 saturated carbocycles. The monoisotopic (exact) mass is 343 g/mol. The number of imide groups is 1. The van der Waals surface area contributed by atoms with Crippen molar-refractivity contribution in [3.05, 3.63) is 35.4 Å². The fraction of sp³-hybridized carbons (Fsp3) is 0.474. The number of ether oxygens (including phenoxy) is 1. The van der Waals surface area contributed by atoms with Gasteiger partial charge in [-0.2, -0.15) is 0 Å². The lowest BCUT2D eigenvalue weighted by Crippen LogP contribution is -2.42. The van der Waals surface area contributed by atoms with Crippen molar-refractivity contribution in [3.8, 4) is 0 Å². The van der Waals surface area contributed by atoms with Gasteiger partial charge < -0.3 is 4.74 Å². The normalized spacial score (nSPS) is 22.7. The molecule has 0 saturated heterocycles. The molecule has 2 amide bonds. The van der Waals surface area contributed by atoms with Gasteiger partial charge in [0.05, 0.1) is 30.2 Å². The Hall–Kier alpha value is -2.50. The first-order chi connectivity index (χ1) is 12.0. The van der Waals surface area contributed by atoms with Crippen LogP contribution >= 0.6 is 0 Å². The summed E-state index contributed by atoms with van der Waals surface area (Å²) < 4.78 is 5.09. The number of esters is 1. The molecule has 0 spiro atoms. The minimum absolute atomic E-state index is 0.243. The average molecular weight is 343 g/mol. The van der Waals surface area contributed by atoms with Crippen LogP contribution in [0.25, 0.3) is 0 Å². The van der Waals surface area contributed by atoms with E-state index in [9.17, 15) is 19.2 Å². The van der Waals surface area contributed by atoms with Gasteiger partial charge in [-0.15, -0.1) is 0 Å². The Morgan fingerprint density at radius 3 is 2.16 bits per heavy atom. The van der Waals surface area contributed by atoms with E-state index in [0.717, 1.165) is 17.7 Å². The number of hydrogen-bond donors (Lipinski definition) is 0. The van der Waals surface area contributed by atoms with Crippen LogP contribution < -0.4 is 0 Å². The molecule has 1 aromatic carbocycles. The standard InChI is InChI=1S/C19H21NO5/c1-2-25-19(24)15-10-6-3-7-12(15)16(21)11-20-17(22)13-8-4-5-9-14(13)18(20)23/h4-5,8-9,12,15H,2-3,6-7,10-11H2,1H3/t12-,15-/m0/s1. The lowest BCUT2D eigenvalue weighted by atomic mass is 9.76. The molecule has 1 aliphatic carbocycles. The average Bonchev–Trinajstić information content (AvgIpc) is 2.87. The van der Waals surface area contributed by atoms with Crippen molar-refractivity contribution < 1.29 is 23.9 Å². The number of amides is 2. The van der Waals surface area contributed by atoms with Crippen LogP contribution in [0.2, 0.25) is 0 Å². The van der Waals surface area contributed by atoms with Crippen molar-refractivity contribution in [2.24, 2.45) is 11.8 Å². The van der Waals surface area contributed by atoms with Gasteiger partial charge >= 0.3 is 5.97 Å². The molecular weight excluding hydrogens is 322 g/mol. The molecule has 25 heavy (non-hydrogen) atoms. The van der Waals surface area contributed by atoms with E-state index in [1.165, 1.54) is 0 Å². The summed E-state index contributed by atoms with van der Waals surface area (Å²) in [5.74, 6) is -2.46. The second kappa shape index (κ2) is 7.17. The van der Waals surface area contributed by atoms with E-state index in [0.29, 0.717) is 24.0 Å². The molecule has 0 radical (unpaired) electrons. The maximum atomic E-state index is 12.8. The van der Waals surface area contributed by atoms with Gasteiger partial charge in [-0.1, -0.05) is 25.0 Å². The van der Waals surface area contributed by atoms with Crippen LogP contribution in [0.15, 0.2) is 24.3 Å². The summed E-state index contributed by atoms with van der Waals surface area (Å²) in [6.45, 7) is 1.72. The van der Waals surface area contributed by atoms with Crippen LogP contribution in [-0.4, -0.2) is 41.6 Å². The largest absolute Gasteiger partial charge is 0.466 e. The summed E-state index contributed by atoms with van der Waals surface area (Å²) in [4.78, 5) is 50.7. The third-order valence-electron chi connectivity index (χ3n) is 4.96. The van der Waals surface area contributed by atoms with E-state index in [4.69, 9.17) is 4.74 Å². The molecule has 0 aromatic heterocycles. The van der Waals surface area contributed by atoms with Gasteiger partial charge in [0.15, 0.2) is 5.78 Å². The van der Waals surface area contributed by atoms with Gasteiger partial charge in [0.2, 0.25) is 0 Å². The number of hydrogen-bond acceptors (Lipinski definition) is 5. The molecule has 6 nitrogen and oxygen atoms in total. The Labute approximate surface area is 146 Å². The third-order valence-corrected chi connectivity index (χ3v) is 4.96. The predicted octanol–water partition coefficient (Wildman–Crippen LogP) is 2.22. The first-order valence-corrected chi connectivity index (χ1v) is 8.69. The minimum atomic E-state index is -0.489. The quantitative estimate of drug-likeness (QED) is 0.605. The van der Waals surface area contributed by atoms with Crippen LogP contribution in [0.1, 0.15) is 53.3 Å². The van der Waals surface area contributed by atoms with E-state index in [1.807, 2.05) is 0 Å². The lowest BCUT2D eigenvalue weighted by Gasteiger charge is -2.29. The number of ketones is 1. The molecule has 0 N–H and O–H groups in total. The van der Waals surface area contributed by atoms with E-state index >= 15 is 0 Å². The van der Waals surface area contributed by atoms with Crippen molar-refractivity contribution in [3.63, 3.8) is 0 Å². The first kappa shape index (κ1) is 17.3. The molecular formula is C19H21NO5. The maximum absolute atomic E-state index is 12.8.